The van der Waals surface area contributed by atoms with Crippen molar-refractivity contribution in [1.82, 2.24) is 4.90 Å². The number of methoxy groups -OCH3 is 1. The Kier molecular flexibility index (Phi) is 6.26. The largest absolute Gasteiger partial charge is 0.465 e. The predicted molar refractivity (Wildman–Crippen MR) is 155 cm³/mol. The maximum atomic E-state index is 16.0. The van der Waals surface area contributed by atoms with E-state index in [1.807, 2.05) is 6.07 Å². The molecule has 210 valence electrons. The van der Waals surface area contributed by atoms with Crippen LogP contribution in [0.25, 0.3) is 0 Å². The van der Waals surface area contributed by atoms with E-state index in [4.69, 9.17) is 16.3 Å². The highest BCUT2D eigenvalue weighted by Crippen LogP contribution is 2.62. The van der Waals surface area contributed by atoms with Crippen LogP contribution in [0.4, 0.5) is 15.8 Å². The Balaban J connectivity index is 1.41. The minimum Gasteiger partial charge on any atom is -0.465 e. The van der Waals surface area contributed by atoms with Crippen LogP contribution in [0.5, 0.6) is 0 Å². The van der Waals surface area contributed by atoms with Crippen molar-refractivity contribution in [2.24, 2.45) is 11.8 Å². The van der Waals surface area contributed by atoms with Gasteiger partial charge in [0.25, 0.3) is 0 Å². The molecule has 3 aromatic rings. The number of amides is 2. The molecule has 7 nitrogen and oxygen atoms in total. The first-order chi connectivity index (χ1) is 19.7. The molecule has 1 aliphatic carbocycles. The van der Waals surface area contributed by atoms with Crippen LogP contribution in [0, 0.1) is 17.7 Å². The monoisotopic (exact) mass is 637 g/mol. The normalized spacial score (nSPS) is 26.8. The summed E-state index contributed by atoms with van der Waals surface area (Å²) in [6, 6.07) is 16.7. The minimum atomic E-state index is -1.28. The molecule has 3 aromatic carbocycles. The van der Waals surface area contributed by atoms with E-state index in [1.54, 1.807) is 59.5 Å². The molecular weight excluding hydrogens is 613 g/mol. The van der Waals surface area contributed by atoms with Crippen molar-refractivity contribution in [3.05, 3.63) is 92.7 Å². The van der Waals surface area contributed by atoms with E-state index < -0.39 is 29.2 Å². The summed E-state index contributed by atoms with van der Waals surface area (Å²) in [6.45, 7) is 0.947. The van der Waals surface area contributed by atoms with Crippen molar-refractivity contribution < 1.29 is 23.5 Å². The summed E-state index contributed by atoms with van der Waals surface area (Å²) in [5, 5.41) is 3.51. The molecule has 0 radical (unpaired) electrons. The van der Waals surface area contributed by atoms with Crippen molar-refractivity contribution in [2.75, 3.05) is 30.4 Å². The molecule has 10 heteroatoms. The van der Waals surface area contributed by atoms with Gasteiger partial charge in [-0.25, -0.2) is 9.18 Å². The highest BCUT2D eigenvalue weighted by atomic mass is 79.9. The molecule has 2 amide bonds. The lowest BCUT2D eigenvalue weighted by molar-refractivity contribution is -0.128. The Morgan fingerprint density at radius 2 is 1.90 bits per heavy atom. The van der Waals surface area contributed by atoms with Gasteiger partial charge in [0.15, 0.2) is 0 Å². The van der Waals surface area contributed by atoms with Gasteiger partial charge in [-0.3, -0.25) is 14.5 Å². The molecule has 0 bridgehead atoms. The fraction of sp³-hybridized carbons (Fsp3) is 0.323. The number of fused-ring (bicyclic) bond motifs is 3. The molecule has 4 aliphatic rings. The Labute approximate surface area is 249 Å². The SMILES string of the molecule is COC(=O)c1ccc(N2C[C@H]3[C@@H](C2=O)[C@H](c2cccc(Br)c2F)[C@]2(C(=O)Nc4cc(Cl)ccc42)N3CC2CC2)cc1. The molecule has 2 saturated heterocycles. The maximum Gasteiger partial charge on any atom is 0.337 e. The van der Waals surface area contributed by atoms with E-state index in [2.05, 4.69) is 26.1 Å². The average Bonchev–Trinajstić information content (AvgIpc) is 3.59. The van der Waals surface area contributed by atoms with Gasteiger partial charge in [-0.05, 0) is 82.7 Å². The zero-order chi connectivity index (χ0) is 28.6. The summed E-state index contributed by atoms with van der Waals surface area (Å²) in [7, 11) is 1.32. The molecule has 41 heavy (non-hydrogen) atoms. The number of esters is 1. The van der Waals surface area contributed by atoms with Crippen molar-refractivity contribution >= 4 is 56.7 Å². The van der Waals surface area contributed by atoms with E-state index in [0.29, 0.717) is 52.1 Å². The molecule has 0 unspecified atom stereocenters. The number of likely N-dealkylation sites (tertiary alicyclic amines) is 1. The number of hydrogen-bond acceptors (Lipinski definition) is 5. The van der Waals surface area contributed by atoms with Crippen LogP contribution in [0.15, 0.2) is 65.1 Å². The molecule has 7 rings (SSSR count). The number of ether oxygens (including phenoxy) is 1. The number of carbonyl (C=O) groups excluding carboxylic acids is 3. The zero-order valence-electron chi connectivity index (χ0n) is 22.1. The Morgan fingerprint density at radius 1 is 1.15 bits per heavy atom. The number of anilines is 2. The number of rotatable bonds is 5. The highest BCUT2D eigenvalue weighted by molar-refractivity contribution is 9.10. The van der Waals surface area contributed by atoms with Gasteiger partial charge < -0.3 is 15.0 Å². The lowest BCUT2D eigenvalue weighted by atomic mass is 9.71. The summed E-state index contributed by atoms with van der Waals surface area (Å²) in [4.78, 5) is 44.6. The Hall–Kier alpha value is -3.27. The molecule has 1 N–H and O–H groups in total. The summed E-state index contributed by atoms with van der Waals surface area (Å²) in [5.41, 5.74) is 1.36. The van der Waals surface area contributed by atoms with Gasteiger partial charge >= 0.3 is 5.97 Å². The van der Waals surface area contributed by atoms with Crippen molar-refractivity contribution in [1.29, 1.82) is 0 Å². The topological polar surface area (TPSA) is 78.9 Å². The van der Waals surface area contributed by atoms with Crippen LogP contribution in [0.3, 0.4) is 0 Å². The number of benzene rings is 3. The second-order valence-corrected chi connectivity index (χ2v) is 12.5. The summed E-state index contributed by atoms with van der Waals surface area (Å²) < 4.78 is 21.1. The number of halogens is 3. The predicted octanol–water partition coefficient (Wildman–Crippen LogP) is 5.72. The third kappa shape index (κ3) is 3.89. The number of nitrogens with one attached hydrogen (secondary N) is 1. The minimum absolute atomic E-state index is 0.182. The van der Waals surface area contributed by atoms with Crippen LogP contribution >= 0.6 is 27.5 Å². The third-order valence-electron chi connectivity index (χ3n) is 9.05. The van der Waals surface area contributed by atoms with E-state index in [9.17, 15) is 14.4 Å². The Bertz CT molecular complexity index is 1610. The molecule has 3 heterocycles. The van der Waals surface area contributed by atoms with Crippen LogP contribution in [-0.2, 0) is 19.9 Å². The third-order valence-corrected chi connectivity index (χ3v) is 9.90. The first-order valence-corrected chi connectivity index (χ1v) is 14.7. The molecule has 3 fully saturated rings. The van der Waals surface area contributed by atoms with Crippen molar-refractivity contribution in [3.63, 3.8) is 0 Å². The lowest BCUT2D eigenvalue weighted by Crippen LogP contribution is -2.54. The van der Waals surface area contributed by atoms with Crippen molar-refractivity contribution in [2.45, 2.75) is 30.3 Å². The summed E-state index contributed by atoms with van der Waals surface area (Å²) >= 11 is 9.65. The van der Waals surface area contributed by atoms with Gasteiger partial charge in [0.05, 0.1) is 23.1 Å². The van der Waals surface area contributed by atoms with E-state index in [-0.39, 0.29) is 22.3 Å². The first-order valence-electron chi connectivity index (χ1n) is 13.6. The lowest BCUT2D eigenvalue weighted by Gasteiger charge is -2.41. The molecule has 3 aliphatic heterocycles. The van der Waals surface area contributed by atoms with Gasteiger partial charge in [0.1, 0.15) is 11.4 Å². The second kappa shape index (κ2) is 9.64. The van der Waals surface area contributed by atoms with Crippen LogP contribution in [0.1, 0.15) is 40.2 Å². The van der Waals surface area contributed by atoms with Gasteiger partial charge in [-0.1, -0.05) is 29.8 Å². The number of hydrogen-bond donors (Lipinski definition) is 1. The van der Waals surface area contributed by atoms with E-state index in [1.165, 1.54) is 7.11 Å². The maximum absolute atomic E-state index is 16.0. The standard InChI is InChI=1S/C31H26BrClFN3O4/c1-41-29(39)17-7-10-19(11-8-17)36-15-24-25(28(36)38)26(20-3-2-4-22(32)27(20)34)31(37(24)14-16-5-6-16)21-12-9-18(33)13-23(21)35-30(31)40/h2-4,7-13,16,24-26H,5-6,14-15H2,1H3,(H,35,40)/t24-,25+,26-,31+/m0/s1. The fourth-order valence-corrected chi connectivity index (χ4v) is 7.70. The second-order valence-electron chi connectivity index (χ2n) is 11.2. The fourth-order valence-electron chi connectivity index (χ4n) is 7.14. The summed E-state index contributed by atoms with van der Waals surface area (Å²) in [6.07, 6.45) is 2.09. The van der Waals surface area contributed by atoms with Gasteiger partial charge in [0, 0.05) is 47.0 Å². The highest BCUT2D eigenvalue weighted by Gasteiger charge is 2.71. The van der Waals surface area contributed by atoms with Crippen LogP contribution in [-0.4, -0.2) is 48.9 Å². The quantitative estimate of drug-likeness (QED) is 0.362. The van der Waals surface area contributed by atoms with Gasteiger partial charge in [-0.2, -0.15) is 0 Å². The first kappa shape index (κ1) is 26.6. The van der Waals surface area contributed by atoms with E-state index in [0.717, 1.165) is 12.8 Å². The Morgan fingerprint density at radius 3 is 2.61 bits per heavy atom. The number of nitrogens with zero attached hydrogens (tertiary/aromatic N) is 2. The molecular formula is C31H26BrClFN3O4. The van der Waals surface area contributed by atoms with Crippen molar-refractivity contribution in [3.8, 4) is 0 Å². The molecule has 4 atom stereocenters. The van der Waals surface area contributed by atoms with Crippen LogP contribution in [0.2, 0.25) is 5.02 Å². The van der Waals surface area contributed by atoms with Gasteiger partial charge in [0.2, 0.25) is 11.8 Å². The molecule has 0 aromatic heterocycles. The smallest absolute Gasteiger partial charge is 0.337 e. The number of carbonyl (C=O) groups is 3. The summed E-state index contributed by atoms with van der Waals surface area (Å²) in [5.74, 6) is -2.48. The zero-order valence-corrected chi connectivity index (χ0v) is 24.4. The molecule has 1 saturated carbocycles. The average molecular weight is 639 g/mol. The molecule has 1 spiro atoms. The van der Waals surface area contributed by atoms with Crippen LogP contribution < -0.4 is 10.2 Å². The van der Waals surface area contributed by atoms with Gasteiger partial charge in [-0.15, -0.1) is 0 Å². The van der Waals surface area contributed by atoms with E-state index >= 15 is 4.39 Å².